The van der Waals surface area contributed by atoms with Gasteiger partial charge in [-0.05, 0) is 37.7 Å². The van der Waals surface area contributed by atoms with E-state index in [1.807, 2.05) is 7.05 Å². The maximum atomic E-state index is 12.7. The predicted octanol–water partition coefficient (Wildman–Crippen LogP) is 1.05. The van der Waals surface area contributed by atoms with Crippen molar-refractivity contribution >= 4 is 10.0 Å². The van der Waals surface area contributed by atoms with Gasteiger partial charge < -0.3 is 10.3 Å². The topological polar surface area (TPSA) is 68.3 Å². The van der Waals surface area contributed by atoms with Gasteiger partial charge in [0, 0.05) is 38.1 Å². The van der Waals surface area contributed by atoms with E-state index in [1.54, 1.807) is 21.1 Å². The first kappa shape index (κ1) is 13.1. The molecule has 6 heteroatoms. The van der Waals surface area contributed by atoms with Gasteiger partial charge in [0.15, 0.2) is 0 Å². The van der Waals surface area contributed by atoms with Crippen molar-refractivity contribution in [1.29, 1.82) is 0 Å². The summed E-state index contributed by atoms with van der Waals surface area (Å²) in [6.07, 6.45) is 6.02. The largest absolute Gasteiger partial charge is 0.352 e. The van der Waals surface area contributed by atoms with Crippen molar-refractivity contribution in [1.82, 2.24) is 8.87 Å². The molecule has 0 atom stereocenters. The summed E-state index contributed by atoms with van der Waals surface area (Å²) >= 11 is 0. The predicted molar refractivity (Wildman–Crippen MR) is 72.9 cm³/mol. The van der Waals surface area contributed by atoms with E-state index in [4.69, 9.17) is 5.73 Å². The molecule has 2 N–H and O–H groups in total. The normalized spacial score (nSPS) is 20.2. The summed E-state index contributed by atoms with van der Waals surface area (Å²) in [6, 6.07) is 1.93. The minimum absolute atomic E-state index is 0.229. The lowest BCUT2D eigenvalue weighted by Crippen LogP contribution is -2.34. The molecule has 1 aromatic rings. The van der Waals surface area contributed by atoms with E-state index in [-0.39, 0.29) is 6.04 Å². The van der Waals surface area contributed by atoms with Crippen LogP contribution >= 0.6 is 0 Å². The number of sulfonamides is 1. The first-order chi connectivity index (χ1) is 9.02. The van der Waals surface area contributed by atoms with Crippen molar-refractivity contribution in [2.75, 3.05) is 6.54 Å². The molecule has 0 radical (unpaired) electrons. The molecular formula is C13H21N3O2S. The second kappa shape index (κ2) is 4.61. The molecule has 0 aromatic carbocycles. The Hall–Kier alpha value is -0.850. The van der Waals surface area contributed by atoms with Crippen molar-refractivity contribution in [3.8, 4) is 0 Å². The summed E-state index contributed by atoms with van der Waals surface area (Å²) in [5.41, 5.74) is 6.46. The van der Waals surface area contributed by atoms with Crippen LogP contribution in [0.1, 0.15) is 31.4 Å². The monoisotopic (exact) mass is 283 g/mol. The van der Waals surface area contributed by atoms with Crippen LogP contribution in [0.15, 0.2) is 17.2 Å². The number of hydrogen-bond acceptors (Lipinski definition) is 3. The van der Waals surface area contributed by atoms with E-state index in [2.05, 4.69) is 0 Å². The van der Waals surface area contributed by atoms with Gasteiger partial charge in [0.1, 0.15) is 4.90 Å². The molecule has 0 aliphatic heterocycles. The number of nitrogens with zero attached hydrogens (tertiary/aromatic N) is 2. The Bertz CT molecular complexity index is 571. The SMILES string of the molecule is Cn1cc(S(=O)(=O)N(CC2CC2)C2CC2)cc1CN. The standard InChI is InChI=1S/C13H21N3O2S/c1-15-9-13(6-12(15)7-14)19(17,18)16(11-4-5-11)8-10-2-3-10/h6,9-11H,2-5,7-8,14H2,1H3. The number of aryl methyl sites for hydroxylation is 1. The Kier molecular flexibility index (Phi) is 3.19. The number of rotatable bonds is 6. The number of aromatic nitrogens is 1. The van der Waals surface area contributed by atoms with Crippen LogP contribution in [0.5, 0.6) is 0 Å². The molecule has 106 valence electrons. The minimum atomic E-state index is -3.35. The van der Waals surface area contributed by atoms with Crippen LogP contribution in [0, 0.1) is 5.92 Å². The van der Waals surface area contributed by atoms with Crippen LogP contribution in [0.3, 0.4) is 0 Å². The van der Waals surface area contributed by atoms with E-state index >= 15 is 0 Å². The fourth-order valence-electron chi connectivity index (χ4n) is 2.42. The van der Waals surface area contributed by atoms with Crippen LogP contribution in [-0.2, 0) is 23.6 Å². The maximum Gasteiger partial charge on any atom is 0.244 e. The zero-order valence-electron chi connectivity index (χ0n) is 11.2. The summed E-state index contributed by atoms with van der Waals surface area (Å²) in [4.78, 5) is 0.392. The average Bonchev–Trinajstić information content (AvgIpc) is 3.24. The second-order valence-electron chi connectivity index (χ2n) is 5.73. The van der Waals surface area contributed by atoms with E-state index < -0.39 is 10.0 Å². The first-order valence-corrected chi connectivity index (χ1v) is 8.33. The van der Waals surface area contributed by atoms with Gasteiger partial charge in [0.2, 0.25) is 10.0 Å². The van der Waals surface area contributed by atoms with E-state index in [1.165, 1.54) is 12.8 Å². The number of nitrogens with two attached hydrogens (primary N) is 1. The highest BCUT2D eigenvalue weighted by molar-refractivity contribution is 7.89. The van der Waals surface area contributed by atoms with Crippen molar-refractivity contribution < 1.29 is 8.42 Å². The molecule has 1 heterocycles. The van der Waals surface area contributed by atoms with Crippen LogP contribution < -0.4 is 5.73 Å². The van der Waals surface area contributed by atoms with Crippen molar-refractivity contribution in [3.63, 3.8) is 0 Å². The molecule has 0 saturated heterocycles. The van der Waals surface area contributed by atoms with Crippen molar-refractivity contribution in [2.45, 2.75) is 43.2 Å². The van der Waals surface area contributed by atoms with Gasteiger partial charge >= 0.3 is 0 Å². The molecule has 2 fully saturated rings. The Balaban J connectivity index is 1.89. The fourth-order valence-corrected chi connectivity index (χ4v) is 4.27. The third-order valence-corrected chi connectivity index (χ3v) is 5.87. The Morgan fingerprint density at radius 2 is 2.05 bits per heavy atom. The van der Waals surface area contributed by atoms with Crippen LogP contribution in [0.25, 0.3) is 0 Å². The molecule has 2 aliphatic carbocycles. The molecule has 0 unspecified atom stereocenters. The van der Waals surface area contributed by atoms with Crippen LogP contribution in [0.4, 0.5) is 0 Å². The summed E-state index contributed by atoms with van der Waals surface area (Å²) in [5, 5.41) is 0. The van der Waals surface area contributed by atoms with Gasteiger partial charge in [-0.1, -0.05) is 0 Å². The van der Waals surface area contributed by atoms with Crippen LogP contribution in [0.2, 0.25) is 0 Å². The highest BCUT2D eigenvalue weighted by Crippen LogP contribution is 2.38. The van der Waals surface area contributed by atoms with Crippen molar-refractivity contribution in [3.05, 3.63) is 18.0 Å². The Labute approximate surface area is 114 Å². The Morgan fingerprint density at radius 3 is 2.53 bits per heavy atom. The molecule has 2 saturated carbocycles. The highest BCUT2D eigenvalue weighted by atomic mass is 32.2. The third-order valence-electron chi connectivity index (χ3n) is 3.99. The smallest absolute Gasteiger partial charge is 0.244 e. The Morgan fingerprint density at radius 1 is 1.37 bits per heavy atom. The highest BCUT2D eigenvalue weighted by Gasteiger charge is 2.41. The molecular weight excluding hydrogens is 262 g/mol. The van der Waals surface area contributed by atoms with E-state index in [0.717, 1.165) is 18.5 Å². The lowest BCUT2D eigenvalue weighted by atomic mass is 10.4. The fraction of sp³-hybridized carbons (Fsp3) is 0.692. The average molecular weight is 283 g/mol. The number of hydrogen-bond donors (Lipinski definition) is 1. The molecule has 19 heavy (non-hydrogen) atoms. The van der Waals surface area contributed by atoms with Gasteiger partial charge in [-0.3, -0.25) is 0 Å². The lowest BCUT2D eigenvalue weighted by molar-refractivity contribution is 0.389. The minimum Gasteiger partial charge on any atom is -0.352 e. The third kappa shape index (κ3) is 2.57. The summed E-state index contributed by atoms with van der Waals surface area (Å²) in [6.45, 7) is 1.05. The van der Waals surface area contributed by atoms with Gasteiger partial charge in [0.25, 0.3) is 0 Å². The molecule has 5 nitrogen and oxygen atoms in total. The molecule has 1 aromatic heterocycles. The molecule has 2 aliphatic rings. The molecule has 0 bridgehead atoms. The summed E-state index contributed by atoms with van der Waals surface area (Å²) in [5.74, 6) is 0.577. The zero-order valence-corrected chi connectivity index (χ0v) is 12.1. The van der Waals surface area contributed by atoms with Crippen LogP contribution in [-0.4, -0.2) is 29.9 Å². The van der Waals surface area contributed by atoms with Gasteiger partial charge in [-0.25, -0.2) is 8.42 Å². The van der Waals surface area contributed by atoms with Crippen molar-refractivity contribution in [2.24, 2.45) is 18.7 Å². The first-order valence-electron chi connectivity index (χ1n) is 6.89. The summed E-state index contributed by atoms with van der Waals surface area (Å²) in [7, 11) is -1.51. The molecule has 0 spiro atoms. The van der Waals surface area contributed by atoms with E-state index in [0.29, 0.717) is 23.9 Å². The second-order valence-corrected chi connectivity index (χ2v) is 7.62. The van der Waals surface area contributed by atoms with Gasteiger partial charge in [-0.2, -0.15) is 4.31 Å². The van der Waals surface area contributed by atoms with E-state index in [9.17, 15) is 8.42 Å². The summed E-state index contributed by atoms with van der Waals surface area (Å²) < 4.78 is 29.0. The van der Waals surface area contributed by atoms with Gasteiger partial charge in [0.05, 0.1) is 0 Å². The molecule has 0 amide bonds. The maximum absolute atomic E-state index is 12.7. The quantitative estimate of drug-likeness (QED) is 0.848. The van der Waals surface area contributed by atoms with Gasteiger partial charge in [-0.15, -0.1) is 0 Å². The zero-order chi connectivity index (χ0) is 13.6. The molecule has 3 rings (SSSR count). The lowest BCUT2D eigenvalue weighted by Gasteiger charge is -2.20.